The van der Waals surface area contributed by atoms with Crippen molar-refractivity contribution in [2.45, 2.75) is 50.1 Å². The molecule has 2 aliphatic heterocycles. The summed E-state index contributed by atoms with van der Waals surface area (Å²) in [5.41, 5.74) is -0.248. The highest BCUT2D eigenvalue weighted by Gasteiger charge is 2.54. The first-order chi connectivity index (χ1) is 8.15. The van der Waals surface area contributed by atoms with Crippen LogP contribution < -0.4 is 11.4 Å². The third-order valence-corrected chi connectivity index (χ3v) is 5.09. The fraction of sp³-hybridized carbons (Fsp3) is 0.833. The summed E-state index contributed by atoms with van der Waals surface area (Å²) in [6, 6.07) is 0.261. The molecule has 92 valence electrons. The van der Waals surface area contributed by atoms with Gasteiger partial charge in [-0.2, -0.15) is 0 Å². The van der Waals surface area contributed by atoms with Crippen LogP contribution in [0.1, 0.15) is 44.6 Å². The summed E-state index contributed by atoms with van der Waals surface area (Å²) >= 11 is 0. The van der Waals surface area contributed by atoms with Crippen molar-refractivity contribution in [3.8, 4) is 0 Å². The number of nitrogens with zero attached hydrogens (tertiary/aromatic N) is 3. The van der Waals surface area contributed by atoms with E-state index in [9.17, 15) is 9.59 Å². The van der Waals surface area contributed by atoms with Crippen molar-refractivity contribution in [3.05, 3.63) is 21.0 Å². The molecule has 0 aromatic carbocycles. The quantitative estimate of drug-likeness (QED) is 0.715. The highest BCUT2D eigenvalue weighted by atomic mass is 16.2. The van der Waals surface area contributed by atoms with Crippen molar-refractivity contribution in [2.75, 3.05) is 0 Å². The van der Waals surface area contributed by atoms with Gasteiger partial charge in [0.2, 0.25) is 0 Å². The zero-order valence-corrected chi connectivity index (χ0v) is 10.1. The van der Waals surface area contributed by atoms with E-state index in [2.05, 4.69) is 0 Å². The summed E-state index contributed by atoms with van der Waals surface area (Å²) in [6.07, 6.45) is 6.76. The zero-order valence-electron chi connectivity index (χ0n) is 10.1. The second-order valence-corrected chi connectivity index (χ2v) is 5.89. The van der Waals surface area contributed by atoms with Crippen LogP contribution in [0.5, 0.6) is 0 Å². The number of rotatable bonds is 1. The SMILES string of the molecule is Cn1c(=O)n2n(c1=O)C1(C3CC3)CCC2CC1. The van der Waals surface area contributed by atoms with Crippen molar-refractivity contribution < 1.29 is 0 Å². The zero-order chi connectivity index (χ0) is 11.8. The molecule has 5 nitrogen and oxygen atoms in total. The van der Waals surface area contributed by atoms with Gasteiger partial charge < -0.3 is 0 Å². The van der Waals surface area contributed by atoms with Gasteiger partial charge in [-0.1, -0.05) is 0 Å². The van der Waals surface area contributed by atoms with E-state index >= 15 is 0 Å². The Kier molecular flexibility index (Phi) is 1.58. The van der Waals surface area contributed by atoms with Crippen LogP contribution in [0.3, 0.4) is 0 Å². The Hall–Kier alpha value is -1.26. The van der Waals surface area contributed by atoms with Crippen molar-refractivity contribution in [1.82, 2.24) is 13.9 Å². The van der Waals surface area contributed by atoms with Gasteiger partial charge in [0.15, 0.2) is 0 Å². The highest BCUT2D eigenvalue weighted by molar-refractivity contribution is 5.06. The summed E-state index contributed by atoms with van der Waals surface area (Å²) in [5, 5.41) is 0. The van der Waals surface area contributed by atoms with Gasteiger partial charge >= 0.3 is 11.4 Å². The Labute approximate surface area is 98.6 Å². The molecule has 1 aromatic heterocycles. The van der Waals surface area contributed by atoms with Gasteiger partial charge in [-0.3, -0.25) is 0 Å². The number of fused-ring (bicyclic) bond motifs is 2. The molecule has 2 bridgehead atoms. The summed E-state index contributed by atoms with van der Waals surface area (Å²) in [7, 11) is 1.60. The summed E-state index contributed by atoms with van der Waals surface area (Å²) in [4.78, 5) is 24.4. The molecule has 17 heavy (non-hydrogen) atoms. The molecule has 2 fully saturated rings. The average molecular weight is 235 g/mol. The molecule has 5 rings (SSSR count). The number of hydrogen-bond donors (Lipinski definition) is 0. The molecule has 3 heterocycles. The van der Waals surface area contributed by atoms with E-state index in [1.165, 1.54) is 17.4 Å². The molecular weight excluding hydrogens is 218 g/mol. The smallest absolute Gasteiger partial charge is 0.246 e. The Morgan fingerprint density at radius 1 is 1.06 bits per heavy atom. The van der Waals surface area contributed by atoms with Gasteiger partial charge in [0.1, 0.15) is 0 Å². The highest BCUT2D eigenvalue weighted by Crippen LogP contribution is 2.55. The lowest BCUT2D eigenvalue weighted by molar-refractivity contribution is 0.0231. The predicted octanol–water partition coefficient (Wildman–Crippen LogP) is 0.582. The van der Waals surface area contributed by atoms with Gasteiger partial charge in [-0.25, -0.2) is 23.5 Å². The molecule has 0 spiro atoms. The first-order valence-electron chi connectivity index (χ1n) is 6.56. The van der Waals surface area contributed by atoms with Crippen LogP contribution in [0.4, 0.5) is 0 Å². The van der Waals surface area contributed by atoms with Crippen molar-refractivity contribution in [1.29, 1.82) is 0 Å². The Morgan fingerprint density at radius 2 is 1.71 bits per heavy atom. The normalized spacial score (nSPS) is 35.0. The maximum atomic E-state index is 12.3. The van der Waals surface area contributed by atoms with Crippen LogP contribution >= 0.6 is 0 Å². The van der Waals surface area contributed by atoms with Crippen molar-refractivity contribution in [3.63, 3.8) is 0 Å². The summed E-state index contributed by atoms with van der Waals surface area (Å²) in [6.45, 7) is 0. The first-order valence-corrected chi connectivity index (χ1v) is 6.56. The van der Waals surface area contributed by atoms with Gasteiger partial charge in [0.05, 0.1) is 11.6 Å². The lowest BCUT2D eigenvalue weighted by Crippen LogP contribution is -2.54. The maximum absolute atomic E-state index is 12.3. The minimum atomic E-state index is -0.121. The number of aromatic nitrogens is 3. The molecular formula is C12H17N3O2. The van der Waals surface area contributed by atoms with E-state index in [0.717, 1.165) is 25.7 Å². The number of hydrogen-bond acceptors (Lipinski definition) is 2. The Morgan fingerprint density at radius 3 is 2.29 bits per heavy atom. The van der Waals surface area contributed by atoms with E-state index in [1.807, 2.05) is 4.68 Å². The van der Waals surface area contributed by atoms with E-state index in [1.54, 1.807) is 11.7 Å². The molecule has 0 atom stereocenters. The van der Waals surface area contributed by atoms with Gasteiger partial charge in [-0.05, 0) is 44.4 Å². The topological polar surface area (TPSA) is 48.9 Å². The fourth-order valence-electron chi connectivity index (χ4n) is 4.04. The Bertz CT molecular complexity index is 594. The van der Waals surface area contributed by atoms with Crippen LogP contribution in [0, 0.1) is 5.92 Å². The van der Waals surface area contributed by atoms with Crippen molar-refractivity contribution in [2.24, 2.45) is 13.0 Å². The average Bonchev–Trinajstić information content (AvgIpc) is 3.17. The largest absolute Gasteiger partial charge is 0.347 e. The standard InChI is InChI=1S/C12H17N3O2/c1-13-10(16)14-9-4-6-12(7-5-9,8-2-3-8)15(14)11(13)17/h8-9H,2-7H2,1H3. The van der Waals surface area contributed by atoms with Gasteiger partial charge in [0.25, 0.3) is 0 Å². The molecule has 1 aromatic rings. The second kappa shape index (κ2) is 2.76. The maximum Gasteiger partial charge on any atom is 0.347 e. The van der Waals surface area contributed by atoms with E-state index in [0.29, 0.717) is 5.92 Å². The molecule has 5 heteroatoms. The molecule has 2 aliphatic carbocycles. The van der Waals surface area contributed by atoms with Crippen LogP contribution in [0.15, 0.2) is 9.59 Å². The lowest BCUT2D eigenvalue weighted by atomic mass is 9.74. The first kappa shape index (κ1) is 9.74. The third-order valence-electron chi connectivity index (χ3n) is 5.09. The van der Waals surface area contributed by atoms with Crippen LogP contribution in [0.25, 0.3) is 0 Å². The second-order valence-electron chi connectivity index (χ2n) is 5.89. The van der Waals surface area contributed by atoms with Crippen LogP contribution in [-0.4, -0.2) is 13.9 Å². The van der Waals surface area contributed by atoms with Crippen LogP contribution in [-0.2, 0) is 12.6 Å². The van der Waals surface area contributed by atoms with Gasteiger partial charge in [0, 0.05) is 7.05 Å². The monoisotopic (exact) mass is 235 g/mol. The van der Waals surface area contributed by atoms with E-state index in [-0.39, 0.29) is 23.0 Å². The van der Waals surface area contributed by atoms with Gasteiger partial charge in [-0.15, -0.1) is 0 Å². The van der Waals surface area contributed by atoms with Crippen LogP contribution in [0.2, 0.25) is 0 Å². The van der Waals surface area contributed by atoms with Crippen molar-refractivity contribution >= 4 is 0 Å². The minimum absolute atomic E-state index is 0.0216. The molecule has 0 radical (unpaired) electrons. The summed E-state index contributed by atoms with van der Waals surface area (Å²) < 4.78 is 4.86. The summed E-state index contributed by atoms with van der Waals surface area (Å²) in [5.74, 6) is 0.634. The fourth-order valence-corrected chi connectivity index (χ4v) is 4.04. The molecule has 0 amide bonds. The molecule has 0 saturated heterocycles. The molecule has 4 aliphatic rings. The molecule has 2 saturated carbocycles. The third kappa shape index (κ3) is 0.967. The van der Waals surface area contributed by atoms with E-state index in [4.69, 9.17) is 0 Å². The predicted molar refractivity (Wildman–Crippen MR) is 62.1 cm³/mol. The van der Waals surface area contributed by atoms with E-state index < -0.39 is 0 Å². The molecule has 0 N–H and O–H groups in total. The minimum Gasteiger partial charge on any atom is -0.246 e. The lowest BCUT2D eigenvalue weighted by Gasteiger charge is -2.48. The Balaban J connectivity index is 2.09. The molecule has 0 unspecified atom stereocenters.